The topological polar surface area (TPSA) is 49.7 Å². The van der Waals surface area contributed by atoms with E-state index in [0.29, 0.717) is 6.54 Å². The van der Waals surface area contributed by atoms with Gasteiger partial charge in [0.2, 0.25) is 0 Å². The number of rotatable bonds is 3. The number of ether oxygens (including phenoxy) is 1. The number of urea groups is 1. The molecule has 0 radical (unpaired) electrons. The van der Waals surface area contributed by atoms with Crippen molar-refractivity contribution in [3.63, 3.8) is 0 Å². The number of nitrogens with zero attached hydrogens (tertiary/aromatic N) is 3. The van der Waals surface area contributed by atoms with Gasteiger partial charge in [-0.05, 0) is 74.3 Å². The molecule has 1 unspecified atom stereocenters. The van der Waals surface area contributed by atoms with Crippen molar-refractivity contribution in [1.29, 1.82) is 0 Å². The van der Waals surface area contributed by atoms with Crippen LogP contribution < -0.4 is 10.1 Å². The highest BCUT2D eigenvalue weighted by Gasteiger charge is 2.36. The molecule has 4 aromatic rings. The third-order valence-electron chi connectivity index (χ3n) is 7.57. The van der Waals surface area contributed by atoms with Crippen LogP contribution in [0.5, 0.6) is 5.75 Å². The number of anilines is 1. The van der Waals surface area contributed by atoms with Gasteiger partial charge in [-0.2, -0.15) is 0 Å². The molecule has 2 aromatic heterocycles. The summed E-state index contributed by atoms with van der Waals surface area (Å²) < 4.78 is 7.72. The number of methoxy groups -OCH3 is 1. The lowest BCUT2D eigenvalue weighted by atomic mass is 10.00. The quantitative estimate of drug-likeness (QED) is 0.351. The fraction of sp³-hybridized carbons (Fsp3) is 0.300. The number of benzene rings is 2. The maximum Gasteiger partial charge on any atom is 0.322 e. The summed E-state index contributed by atoms with van der Waals surface area (Å²) in [4.78, 5) is 19.9. The lowest BCUT2D eigenvalue weighted by Gasteiger charge is -2.32. The maximum atomic E-state index is 14.1. The number of nitrogens with one attached hydrogen (secondary N) is 1. The summed E-state index contributed by atoms with van der Waals surface area (Å²) in [6, 6.07) is 18.1. The van der Waals surface area contributed by atoms with Crippen molar-refractivity contribution in [2.75, 3.05) is 26.0 Å². The Balaban J connectivity index is 1.48. The normalized spacial score (nSPS) is 17.0. The molecule has 0 saturated carbocycles. The lowest BCUT2D eigenvalue weighted by Crippen LogP contribution is -2.38. The Hall–Kier alpha value is -3.55. The second-order valence-electron chi connectivity index (χ2n) is 10.1. The van der Waals surface area contributed by atoms with E-state index < -0.39 is 0 Å². The van der Waals surface area contributed by atoms with E-state index in [1.165, 1.54) is 26.6 Å². The molecule has 190 valence electrons. The zero-order chi connectivity index (χ0) is 25.7. The van der Waals surface area contributed by atoms with E-state index in [9.17, 15) is 4.79 Å². The van der Waals surface area contributed by atoms with Gasteiger partial charge in [-0.15, -0.1) is 11.3 Å². The fourth-order valence-corrected chi connectivity index (χ4v) is 7.07. The van der Waals surface area contributed by atoms with Crippen molar-refractivity contribution in [1.82, 2.24) is 14.4 Å². The number of hydrogen-bond donors (Lipinski definition) is 1. The summed E-state index contributed by atoms with van der Waals surface area (Å²) in [7, 11) is 3.85. The first-order valence-corrected chi connectivity index (χ1v) is 13.5. The molecular weight excluding hydrogens is 480 g/mol. The number of carbonyl (C=O) groups is 1. The van der Waals surface area contributed by atoms with Gasteiger partial charge in [-0.1, -0.05) is 29.8 Å². The van der Waals surface area contributed by atoms with Gasteiger partial charge in [0.25, 0.3) is 0 Å². The first-order valence-electron chi connectivity index (χ1n) is 12.7. The zero-order valence-electron chi connectivity index (χ0n) is 21.7. The summed E-state index contributed by atoms with van der Waals surface area (Å²) in [5.41, 5.74) is 7.92. The van der Waals surface area contributed by atoms with Gasteiger partial charge in [0.1, 0.15) is 10.8 Å². The van der Waals surface area contributed by atoms with Crippen molar-refractivity contribution < 1.29 is 9.53 Å². The summed E-state index contributed by atoms with van der Waals surface area (Å²) in [5, 5.41) is 4.48. The number of aryl methyl sites for hydroxylation is 2. The molecule has 7 heteroatoms. The zero-order valence-corrected chi connectivity index (χ0v) is 22.6. The molecule has 37 heavy (non-hydrogen) atoms. The van der Waals surface area contributed by atoms with Crippen LogP contribution >= 0.6 is 11.3 Å². The van der Waals surface area contributed by atoms with Crippen molar-refractivity contribution in [3.05, 3.63) is 99.2 Å². The number of likely N-dealkylation sites (N-methyl/N-ethyl adjacent to an activating group) is 1. The molecule has 6 rings (SSSR count). The molecule has 0 fully saturated rings. The molecule has 0 aliphatic carbocycles. The average Bonchev–Trinajstić information content (AvgIpc) is 3.47. The third-order valence-corrected chi connectivity index (χ3v) is 8.83. The monoisotopic (exact) mass is 512 g/mol. The summed E-state index contributed by atoms with van der Waals surface area (Å²) in [5.74, 6) is 0.802. The molecule has 1 N–H and O–H groups in total. The minimum Gasteiger partial charge on any atom is -0.497 e. The first-order chi connectivity index (χ1) is 17.9. The Kier molecular flexibility index (Phi) is 6.05. The number of amides is 2. The number of thiophene rings is 1. The molecule has 2 aliphatic rings. The molecule has 2 amide bonds. The van der Waals surface area contributed by atoms with E-state index >= 15 is 0 Å². The van der Waals surface area contributed by atoms with Crippen LogP contribution in [0.2, 0.25) is 0 Å². The molecule has 0 bridgehead atoms. The van der Waals surface area contributed by atoms with Gasteiger partial charge >= 0.3 is 6.03 Å². The Morgan fingerprint density at radius 3 is 2.62 bits per heavy atom. The van der Waals surface area contributed by atoms with Gasteiger partial charge in [-0.3, -0.25) is 0 Å². The van der Waals surface area contributed by atoms with Crippen molar-refractivity contribution >= 4 is 23.1 Å². The minimum absolute atomic E-state index is 0.0961. The van der Waals surface area contributed by atoms with Crippen LogP contribution in [-0.2, 0) is 19.5 Å². The molecule has 2 aromatic carbocycles. The molecule has 6 nitrogen and oxygen atoms in total. The van der Waals surface area contributed by atoms with Crippen molar-refractivity contribution in [2.45, 2.75) is 39.4 Å². The van der Waals surface area contributed by atoms with E-state index in [0.717, 1.165) is 47.8 Å². The largest absolute Gasteiger partial charge is 0.497 e. The van der Waals surface area contributed by atoms with Gasteiger partial charge in [0.15, 0.2) is 0 Å². The second-order valence-corrected chi connectivity index (χ2v) is 11.2. The summed E-state index contributed by atoms with van der Waals surface area (Å²) in [6.07, 6.45) is 3.15. The lowest BCUT2D eigenvalue weighted by molar-refractivity contribution is 0.194. The van der Waals surface area contributed by atoms with Crippen LogP contribution in [0.1, 0.15) is 44.4 Å². The highest BCUT2D eigenvalue weighted by Crippen LogP contribution is 2.43. The van der Waals surface area contributed by atoms with E-state index in [2.05, 4.69) is 65.3 Å². The van der Waals surface area contributed by atoms with Gasteiger partial charge in [0, 0.05) is 35.4 Å². The second kappa shape index (κ2) is 9.39. The Labute approximate surface area is 222 Å². The average molecular weight is 513 g/mol. The van der Waals surface area contributed by atoms with Crippen LogP contribution in [0.3, 0.4) is 0 Å². The Morgan fingerprint density at radius 2 is 1.86 bits per heavy atom. The van der Waals surface area contributed by atoms with Crippen LogP contribution in [-0.4, -0.2) is 41.1 Å². The summed E-state index contributed by atoms with van der Waals surface area (Å²) in [6.45, 7) is 6.66. The molecule has 2 aliphatic heterocycles. The molecule has 4 heterocycles. The standard InChI is InChI=1S/C30H32N4O2S/c1-19-7-12-25(20(2)16-19)31-30(35)34-17-24-23-13-15-32(3)18-27(23)37-29(24)33-14-5-6-26(33)28(34)21-8-10-22(36-4)11-9-21/h5-12,14,16,28H,13,15,17-18H2,1-4H3,(H,31,35). The van der Waals surface area contributed by atoms with Gasteiger partial charge in [-0.25, -0.2) is 4.79 Å². The number of fused-ring (bicyclic) bond motifs is 5. The smallest absolute Gasteiger partial charge is 0.322 e. The number of aromatic nitrogens is 1. The Bertz CT molecular complexity index is 1470. The third kappa shape index (κ3) is 4.22. The van der Waals surface area contributed by atoms with Crippen molar-refractivity contribution in [2.24, 2.45) is 0 Å². The molecule has 0 saturated heterocycles. The predicted molar refractivity (Wildman–Crippen MR) is 149 cm³/mol. The number of hydrogen-bond acceptors (Lipinski definition) is 4. The Morgan fingerprint density at radius 1 is 1.05 bits per heavy atom. The highest BCUT2D eigenvalue weighted by atomic mass is 32.1. The van der Waals surface area contributed by atoms with Crippen LogP contribution in [0.4, 0.5) is 10.5 Å². The maximum absolute atomic E-state index is 14.1. The van der Waals surface area contributed by atoms with Gasteiger partial charge in [0.05, 0.1) is 25.4 Å². The number of carbonyl (C=O) groups excluding carboxylic acids is 1. The van der Waals surface area contributed by atoms with E-state index in [4.69, 9.17) is 4.74 Å². The summed E-state index contributed by atoms with van der Waals surface area (Å²) >= 11 is 1.87. The fourth-order valence-electron chi connectivity index (χ4n) is 5.63. The van der Waals surface area contributed by atoms with Gasteiger partial charge < -0.3 is 24.4 Å². The molecule has 0 spiro atoms. The van der Waals surface area contributed by atoms with Crippen LogP contribution in [0, 0.1) is 13.8 Å². The predicted octanol–water partition coefficient (Wildman–Crippen LogP) is 6.29. The molecular formula is C30H32N4O2S. The van der Waals surface area contributed by atoms with E-state index in [1.807, 2.05) is 47.4 Å². The highest BCUT2D eigenvalue weighted by molar-refractivity contribution is 7.15. The van der Waals surface area contributed by atoms with Crippen LogP contribution in [0.15, 0.2) is 60.8 Å². The van der Waals surface area contributed by atoms with Crippen LogP contribution in [0.25, 0.3) is 5.00 Å². The SMILES string of the molecule is COc1ccc(C2c3cccn3-c3sc4c(c3CN2C(=O)Nc2ccc(C)cc2C)CCN(C)C4)cc1. The minimum atomic E-state index is -0.242. The first kappa shape index (κ1) is 23.8. The molecule has 1 atom stereocenters. The van der Waals surface area contributed by atoms with Crippen molar-refractivity contribution in [3.8, 4) is 10.8 Å². The van der Waals surface area contributed by atoms with E-state index in [-0.39, 0.29) is 12.1 Å². The van der Waals surface area contributed by atoms with E-state index in [1.54, 1.807) is 7.11 Å².